The van der Waals surface area contributed by atoms with E-state index in [9.17, 15) is 4.79 Å². The molecule has 0 unspecified atom stereocenters. The molecule has 0 aliphatic carbocycles. The van der Waals surface area contributed by atoms with Gasteiger partial charge >= 0.3 is 5.97 Å². The van der Waals surface area contributed by atoms with Crippen molar-refractivity contribution in [2.45, 2.75) is 16.8 Å². The van der Waals surface area contributed by atoms with Crippen molar-refractivity contribution in [2.24, 2.45) is 7.05 Å². The monoisotopic (exact) mass is 436 g/mol. The summed E-state index contributed by atoms with van der Waals surface area (Å²) in [7, 11) is 3.37. The number of aromatic nitrogens is 6. The van der Waals surface area contributed by atoms with Gasteiger partial charge in [-0.3, -0.25) is 0 Å². The molecule has 4 aromatic rings. The number of methoxy groups -OCH3 is 1. The maximum absolute atomic E-state index is 12.4. The fourth-order valence-electron chi connectivity index (χ4n) is 2.89. The number of hydrogen-bond donors (Lipinski definition) is 0. The molecule has 0 atom stereocenters. The van der Waals surface area contributed by atoms with Gasteiger partial charge in [-0.15, -0.1) is 5.10 Å². The maximum atomic E-state index is 12.4. The van der Waals surface area contributed by atoms with Crippen molar-refractivity contribution in [3.8, 4) is 23.0 Å². The summed E-state index contributed by atoms with van der Waals surface area (Å²) in [5, 5.41) is 13.8. The van der Waals surface area contributed by atoms with Gasteiger partial charge in [0, 0.05) is 24.1 Å². The first-order chi connectivity index (χ1) is 15.1. The Bertz CT molecular complexity index is 1190. The predicted octanol–water partition coefficient (Wildman–Crippen LogP) is 3.40. The zero-order valence-corrected chi connectivity index (χ0v) is 18.0. The van der Waals surface area contributed by atoms with E-state index in [1.807, 2.05) is 37.4 Å². The summed E-state index contributed by atoms with van der Waals surface area (Å²) in [5.74, 6) is -0.0342. The molecule has 3 aromatic heterocycles. The van der Waals surface area contributed by atoms with Gasteiger partial charge < -0.3 is 9.47 Å². The Morgan fingerprint density at radius 3 is 2.65 bits per heavy atom. The van der Waals surface area contributed by atoms with Crippen LogP contribution in [-0.2, 0) is 11.8 Å². The fraction of sp³-hybridized carbons (Fsp3) is 0.190. The number of benzene rings is 1. The van der Waals surface area contributed by atoms with Crippen molar-refractivity contribution < 1.29 is 14.3 Å². The lowest BCUT2D eigenvalue weighted by atomic mass is 10.3. The number of carbonyl (C=O) groups is 1. The van der Waals surface area contributed by atoms with Crippen LogP contribution in [0.3, 0.4) is 0 Å². The van der Waals surface area contributed by atoms with Crippen LogP contribution in [0, 0.1) is 0 Å². The number of carbonyl (C=O) groups excluding carboxylic acids is 1. The summed E-state index contributed by atoms with van der Waals surface area (Å²) < 4.78 is 13.6. The molecule has 0 spiro atoms. The lowest BCUT2D eigenvalue weighted by Gasteiger charge is -2.08. The summed E-state index contributed by atoms with van der Waals surface area (Å²) in [6.45, 7) is 2.01. The quantitative estimate of drug-likeness (QED) is 0.407. The summed E-state index contributed by atoms with van der Waals surface area (Å²) in [4.78, 5) is 17.7. The minimum absolute atomic E-state index is 0.175. The molecule has 0 saturated carbocycles. The number of ether oxygens (including phenoxy) is 2. The van der Waals surface area contributed by atoms with E-state index in [2.05, 4.69) is 20.4 Å². The molecule has 1 aromatic carbocycles. The van der Waals surface area contributed by atoms with Crippen LogP contribution in [0.15, 0.2) is 64.6 Å². The van der Waals surface area contributed by atoms with Crippen molar-refractivity contribution in [3.63, 3.8) is 0 Å². The van der Waals surface area contributed by atoms with Crippen LogP contribution in [0.25, 0.3) is 17.1 Å². The number of pyridine rings is 1. The zero-order chi connectivity index (χ0) is 21.8. The van der Waals surface area contributed by atoms with E-state index in [1.165, 1.54) is 11.8 Å². The number of esters is 1. The summed E-state index contributed by atoms with van der Waals surface area (Å²) >= 11 is 1.53. The summed E-state index contributed by atoms with van der Waals surface area (Å²) in [6.07, 6.45) is 1.62. The first-order valence-corrected chi connectivity index (χ1v) is 10.3. The third-order valence-corrected chi connectivity index (χ3v) is 5.50. The lowest BCUT2D eigenvalue weighted by molar-refractivity contribution is 0.0519. The fourth-order valence-corrected chi connectivity index (χ4v) is 3.82. The number of hydrogen-bond acceptors (Lipinski definition) is 8. The van der Waals surface area contributed by atoms with Crippen LogP contribution < -0.4 is 4.74 Å². The van der Waals surface area contributed by atoms with E-state index in [-0.39, 0.29) is 12.3 Å². The molecule has 9 nitrogen and oxygen atoms in total. The molecular formula is C21H20N6O3S. The molecule has 4 rings (SSSR count). The Morgan fingerprint density at radius 2 is 1.97 bits per heavy atom. The van der Waals surface area contributed by atoms with Crippen LogP contribution in [-0.4, -0.2) is 49.4 Å². The molecule has 0 amide bonds. The van der Waals surface area contributed by atoms with Crippen molar-refractivity contribution in [1.82, 2.24) is 29.8 Å². The van der Waals surface area contributed by atoms with Crippen LogP contribution in [0.5, 0.6) is 5.88 Å². The van der Waals surface area contributed by atoms with Crippen LogP contribution >= 0.6 is 11.8 Å². The molecule has 0 aliphatic rings. The second-order valence-corrected chi connectivity index (χ2v) is 7.45. The third-order valence-electron chi connectivity index (χ3n) is 4.34. The van der Waals surface area contributed by atoms with E-state index >= 15 is 0 Å². The zero-order valence-electron chi connectivity index (χ0n) is 17.2. The van der Waals surface area contributed by atoms with Gasteiger partial charge in [-0.1, -0.05) is 35.2 Å². The largest absolute Gasteiger partial charge is 0.481 e. The van der Waals surface area contributed by atoms with Gasteiger partial charge in [0.2, 0.25) is 5.88 Å². The molecule has 31 heavy (non-hydrogen) atoms. The molecular weight excluding hydrogens is 416 g/mol. The minimum Gasteiger partial charge on any atom is -0.481 e. The maximum Gasteiger partial charge on any atom is 0.358 e. The summed E-state index contributed by atoms with van der Waals surface area (Å²) in [6, 6.07) is 15.1. The summed E-state index contributed by atoms with van der Waals surface area (Å²) in [5.41, 5.74) is 2.01. The van der Waals surface area contributed by atoms with Crippen molar-refractivity contribution in [2.75, 3.05) is 13.7 Å². The van der Waals surface area contributed by atoms with Crippen molar-refractivity contribution in [3.05, 3.63) is 60.4 Å². The Morgan fingerprint density at radius 1 is 1.16 bits per heavy atom. The molecule has 0 N–H and O–H groups in total. The first-order valence-electron chi connectivity index (χ1n) is 9.51. The van der Waals surface area contributed by atoms with E-state index < -0.39 is 5.97 Å². The molecule has 10 heteroatoms. The molecule has 0 aliphatic heterocycles. The standard InChI is InChI=1S/C21H20N6O3S/c1-4-30-21(28)16-12-17(27(24-16)14-10-11-18(29-3)22-13-14)19-20(26(2)25-23-19)31-15-8-6-5-7-9-15/h5-13H,4H2,1-3H3. The number of aryl methyl sites for hydroxylation is 1. The smallest absolute Gasteiger partial charge is 0.358 e. The van der Waals surface area contributed by atoms with Crippen molar-refractivity contribution >= 4 is 17.7 Å². The highest BCUT2D eigenvalue weighted by Crippen LogP contribution is 2.35. The van der Waals surface area contributed by atoms with E-state index in [0.29, 0.717) is 23.0 Å². The third kappa shape index (κ3) is 4.29. The Hall–Kier alpha value is -3.66. The Labute approximate surface area is 183 Å². The van der Waals surface area contributed by atoms with Gasteiger partial charge in [-0.25, -0.2) is 19.1 Å². The topological polar surface area (TPSA) is 97.0 Å². The second-order valence-electron chi connectivity index (χ2n) is 6.39. The molecule has 3 heterocycles. The highest BCUT2D eigenvalue weighted by molar-refractivity contribution is 7.99. The van der Waals surface area contributed by atoms with Gasteiger partial charge in [0.15, 0.2) is 5.69 Å². The van der Waals surface area contributed by atoms with Gasteiger partial charge in [0.25, 0.3) is 0 Å². The first kappa shape index (κ1) is 20.6. The van der Waals surface area contributed by atoms with Crippen LogP contribution in [0.2, 0.25) is 0 Å². The van der Waals surface area contributed by atoms with Gasteiger partial charge in [0.1, 0.15) is 10.7 Å². The lowest BCUT2D eigenvalue weighted by Crippen LogP contribution is -2.07. The van der Waals surface area contributed by atoms with Crippen LogP contribution in [0.1, 0.15) is 17.4 Å². The van der Waals surface area contributed by atoms with E-state index in [0.717, 1.165) is 9.92 Å². The average Bonchev–Trinajstić information content (AvgIpc) is 3.39. The SMILES string of the molecule is CCOC(=O)c1cc(-c2nnn(C)c2Sc2ccccc2)n(-c2ccc(OC)nc2)n1. The molecule has 0 saturated heterocycles. The van der Waals surface area contributed by atoms with E-state index in [4.69, 9.17) is 9.47 Å². The molecule has 158 valence electrons. The highest BCUT2D eigenvalue weighted by atomic mass is 32.2. The van der Waals surface area contributed by atoms with Gasteiger partial charge in [-0.2, -0.15) is 5.10 Å². The van der Waals surface area contributed by atoms with Gasteiger partial charge in [0.05, 0.1) is 31.3 Å². The Kier molecular flexibility index (Phi) is 5.99. The predicted molar refractivity (Wildman–Crippen MR) is 114 cm³/mol. The van der Waals surface area contributed by atoms with Crippen molar-refractivity contribution in [1.29, 1.82) is 0 Å². The molecule has 0 radical (unpaired) electrons. The molecule has 0 bridgehead atoms. The normalized spacial score (nSPS) is 10.8. The number of rotatable bonds is 7. The minimum atomic E-state index is -0.509. The van der Waals surface area contributed by atoms with Crippen LogP contribution in [0.4, 0.5) is 0 Å². The number of nitrogens with zero attached hydrogens (tertiary/aromatic N) is 6. The van der Waals surface area contributed by atoms with E-state index in [1.54, 1.807) is 47.8 Å². The average molecular weight is 436 g/mol. The highest BCUT2D eigenvalue weighted by Gasteiger charge is 2.23. The molecule has 0 fully saturated rings. The van der Waals surface area contributed by atoms with Gasteiger partial charge in [-0.05, 0) is 25.1 Å². The Balaban J connectivity index is 1.83. The second kappa shape index (κ2) is 9.00.